The molecule has 0 aliphatic rings. The first-order valence-corrected chi connectivity index (χ1v) is 7.61. The minimum Gasteiger partial charge on any atom is -0.466 e. The van der Waals surface area contributed by atoms with Gasteiger partial charge in [-0.1, -0.05) is 12.1 Å². The smallest absolute Gasteiger partial charge is 0.325 e. The van der Waals surface area contributed by atoms with Gasteiger partial charge in [0.25, 0.3) is 0 Å². The number of hydrogen-bond acceptors (Lipinski definition) is 5. The van der Waals surface area contributed by atoms with E-state index in [2.05, 4.69) is 0 Å². The van der Waals surface area contributed by atoms with E-state index >= 15 is 0 Å². The lowest BCUT2D eigenvalue weighted by Gasteiger charge is -2.25. The van der Waals surface area contributed by atoms with Crippen LogP contribution in [-0.4, -0.2) is 38.2 Å². The van der Waals surface area contributed by atoms with Crippen molar-refractivity contribution in [1.82, 2.24) is 0 Å². The van der Waals surface area contributed by atoms with Crippen molar-refractivity contribution in [1.29, 1.82) is 0 Å². The molecule has 0 saturated carbocycles. The highest BCUT2D eigenvalue weighted by molar-refractivity contribution is 5.77. The van der Waals surface area contributed by atoms with Gasteiger partial charge in [0.1, 0.15) is 6.54 Å². The van der Waals surface area contributed by atoms with E-state index in [0.717, 1.165) is 16.8 Å². The van der Waals surface area contributed by atoms with Gasteiger partial charge in [0.15, 0.2) is 0 Å². The molecule has 122 valence electrons. The second kappa shape index (κ2) is 9.07. The highest BCUT2D eigenvalue weighted by Crippen LogP contribution is 2.22. The van der Waals surface area contributed by atoms with Crippen LogP contribution in [0.25, 0.3) is 0 Å². The lowest BCUT2D eigenvalue weighted by Crippen LogP contribution is -2.33. The summed E-state index contributed by atoms with van der Waals surface area (Å²) in [6.45, 7) is 8.78. The van der Waals surface area contributed by atoms with Crippen LogP contribution >= 0.6 is 0 Å². The third-order valence-electron chi connectivity index (χ3n) is 3.22. The molecule has 0 aliphatic heterocycles. The molecule has 5 heteroatoms. The summed E-state index contributed by atoms with van der Waals surface area (Å²) >= 11 is 0. The van der Waals surface area contributed by atoms with Crippen molar-refractivity contribution < 1.29 is 19.1 Å². The summed E-state index contributed by atoms with van der Waals surface area (Å²) in [6, 6.07) is 6.04. The highest BCUT2D eigenvalue weighted by Gasteiger charge is 2.16. The zero-order valence-corrected chi connectivity index (χ0v) is 13.8. The fourth-order valence-electron chi connectivity index (χ4n) is 2.17. The van der Waals surface area contributed by atoms with Crippen molar-refractivity contribution in [3.05, 3.63) is 29.3 Å². The number of nitrogens with zero attached hydrogens (tertiary/aromatic N) is 1. The van der Waals surface area contributed by atoms with E-state index in [1.54, 1.807) is 13.8 Å². The van der Waals surface area contributed by atoms with Gasteiger partial charge in [-0.05, 0) is 44.9 Å². The highest BCUT2D eigenvalue weighted by atomic mass is 16.5. The van der Waals surface area contributed by atoms with Crippen LogP contribution in [0.5, 0.6) is 0 Å². The van der Waals surface area contributed by atoms with E-state index in [1.807, 2.05) is 36.9 Å². The van der Waals surface area contributed by atoms with E-state index in [4.69, 9.17) is 9.47 Å². The maximum absolute atomic E-state index is 11.8. The standard InChI is InChI=1S/C17H25NO4/c1-5-21-16(19)9-10-18(12-17(20)22-6-2)15-11-13(3)7-8-14(15)4/h7-8,11H,5-6,9-10,12H2,1-4H3. The Bertz CT molecular complexity index is 513. The molecule has 1 rings (SSSR count). The lowest BCUT2D eigenvalue weighted by atomic mass is 10.1. The van der Waals surface area contributed by atoms with Crippen molar-refractivity contribution in [2.75, 3.05) is 31.2 Å². The Labute approximate surface area is 132 Å². The topological polar surface area (TPSA) is 55.8 Å². The average Bonchev–Trinajstić information content (AvgIpc) is 2.46. The number of carbonyl (C=O) groups excluding carboxylic acids is 2. The minimum atomic E-state index is -0.299. The van der Waals surface area contributed by atoms with Gasteiger partial charge in [0, 0.05) is 12.2 Å². The van der Waals surface area contributed by atoms with Crippen LogP contribution < -0.4 is 4.90 Å². The van der Waals surface area contributed by atoms with Crippen LogP contribution in [-0.2, 0) is 19.1 Å². The Morgan fingerprint density at radius 1 is 1.05 bits per heavy atom. The average molecular weight is 307 g/mol. The Morgan fingerprint density at radius 2 is 1.68 bits per heavy atom. The normalized spacial score (nSPS) is 10.2. The number of benzene rings is 1. The minimum absolute atomic E-state index is 0.123. The molecular weight excluding hydrogens is 282 g/mol. The van der Waals surface area contributed by atoms with Crippen molar-refractivity contribution in [2.24, 2.45) is 0 Å². The van der Waals surface area contributed by atoms with Gasteiger partial charge >= 0.3 is 11.9 Å². The van der Waals surface area contributed by atoms with Gasteiger partial charge in [0.2, 0.25) is 0 Å². The second-order valence-corrected chi connectivity index (χ2v) is 5.07. The summed E-state index contributed by atoms with van der Waals surface area (Å²) in [7, 11) is 0. The number of carbonyl (C=O) groups is 2. The first-order chi connectivity index (χ1) is 10.5. The molecule has 0 atom stereocenters. The fourth-order valence-corrected chi connectivity index (χ4v) is 2.17. The molecule has 0 heterocycles. The predicted molar refractivity (Wildman–Crippen MR) is 86.0 cm³/mol. The van der Waals surface area contributed by atoms with Crippen molar-refractivity contribution in [3.63, 3.8) is 0 Å². The number of hydrogen-bond donors (Lipinski definition) is 0. The summed E-state index contributed by atoms with van der Waals surface area (Å²) in [5.74, 6) is -0.561. The predicted octanol–water partition coefficient (Wildman–Crippen LogP) is 2.63. The maximum Gasteiger partial charge on any atom is 0.325 e. The molecule has 0 radical (unpaired) electrons. The third kappa shape index (κ3) is 5.76. The first-order valence-electron chi connectivity index (χ1n) is 7.61. The summed E-state index contributed by atoms with van der Waals surface area (Å²) in [5.41, 5.74) is 3.10. The zero-order valence-electron chi connectivity index (χ0n) is 13.8. The number of rotatable bonds is 8. The van der Waals surface area contributed by atoms with E-state index in [0.29, 0.717) is 19.8 Å². The molecule has 1 aromatic carbocycles. The molecule has 0 unspecified atom stereocenters. The molecule has 5 nitrogen and oxygen atoms in total. The van der Waals surface area contributed by atoms with Crippen LogP contribution in [0.1, 0.15) is 31.4 Å². The van der Waals surface area contributed by atoms with E-state index in [9.17, 15) is 9.59 Å². The quantitative estimate of drug-likeness (QED) is 0.691. The summed E-state index contributed by atoms with van der Waals surface area (Å²) < 4.78 is 9.97. The monoisotopic (exact) mass is 307 g/mol. The molecule has 0 bridgehead atoms. The van der Waals surface area contributed by atoms with Crippen LogP contribution in [0.4, 0.5) is 5.69 Å². The Hall–Kier alpha value is -2.04. The van der Waals surface area contributed by atoms with E-state index < -0.39 is 0 Å². The molecule has 0 aliphatic carbocycles. The van der Waals surface area contributed by atoms with Gasteiger partial charge in [0.05, 0.1) is 19.6 Å². The Balaban J connectivity index is 2.87. The Kier molecular flexibility index (Phi) is 7.43. The molecule has 0 aromatic heterocycles. The summed E-state index contributed by atoms with van der Waals surface area (Å²) in [4.78, 5) is 25.3. The number of anilines is 1. The lowest BCUT2D eigenvalue weighted by molar-refractivity contribution is -0.144. The van der Waals surface area contributed by atoms with E-state index in [1.165, 1.54) is 0 Å². The van der Waals surface area contributed by atoms with Crippen molar-refractivity contribution in [2.45, 2.75) is 34.1 Å². The second-order valence-electron chi connectivity index (χ2n) is 5.07. The van der Waals surface area contributed by atoms with Crippen molar-refractivity contribution in [3.8, 4) is 0 Å². The molecule has 1 aromatic rings. The molecule has 0 saturated heterocycles. The molecule has 0 N–H and O–H groups in total. The Morgan fingerprint density at radius 3 is 2.32 bits per heavy atom. The third-order valence-corrected chi connectivity index (χ3v) is 3.22. The van der Waals surface area contributed by atoms with Gasteiger partial charge in [-0.15, -0.1) is 0 Å². The number of ether oxygens (including phenoxy) is 2. The largest absolute Gasteiger partial charge is 0.466 e. The van der Waals surface area contributed by atoms with Crippen LogP contribution in [0.3, 0.4) is 0 Å². The van der Waals surface area contributed by atoms with Crippen molar-refractivity contribution >= 4 is 17.6 Å². The fraction of sp³-hybridized carbons (Fsp3) is 0.529. The van der Waals surface area contributed by atoms with Crippen LogP contribution in [0, 0.1) is 13.8 Å². The molecule has 22 heavy (non-hydrogen) atoms. The zero-order chi connectivity index (χ0) is 16.5. The van der Waals surface area contributed by atoms with E-state index in [-0.39, 0.29) is 24.9 Å². The van der Waals surface area contributed by atoms with Gasteiger partial charge in [-0.3, -0.25) is 9.59 Å². The van der Waals surface area contributed by atoms with Gasteiger partial charge in [-0.25, -0.2) is 0 Å². The summed E-state index contributed by atoms with van der Waals surface area (Å²) in [5, 5.41) is 0. The molecule has 0 spiro atoms. The number of esters is 2. The first kappa shape index (κ1) is 18.0. The summed E-state index contributed by atoms with van der Waals surface area (Å²) in [6.07, 6.45) is 0.237. The van der Waals surface area contributed by atoms with Gasteiger partial charge < -0.3 is 14.4 Å². The maximum atomic E-state index is 11.8. The van der Waals surface area contributed by atoms with Crippen LogP contribution in [0.15, 0.2) is 18.2 Å². The molecule has 0 amide bonds. The SMILES string of the molecule is CCOC(=O)CCN(CC(=O)OCC)c1cc(C)ccc1C. The molecule has 0 fully saturated rings. The number of aryl methyl sites for hydroxylation is 2. The van der Waals surface area contributed by atoms with Gasteiger partial charge in [-0.2, -0.15) is 0 Å². The van der Waals surface area contributed by atoms with Crippen LogP contribution in [0.2, 0.25) is 0 Å². The molecular formula is C17H25NO4.